The zero-order valence-corrected chi connectivity index (χ0v) is 12.8. The molecule has 0 atom stereocenters. The number of halogens is 2. The van der Waals surface area contributed by atoms with Crippen LogP contribution in [0.15, 0.2) is 24.3 Å². The maximum Gasteiger partial charge on any atom is 0.290 e. The number of nitrogens with zero attached hydrogens (tertiary/aromatic N) is 1. The summed E-state index contributed by atoms with van der Waals surface area (Å²) in [5.74, 6) is -0.490. The van der Waals surface area contributed by atoms with Gasteiger partial charge in [-0.2, -0.15) is 0 Å². The van der Waals surface area contributed by atoms with Gasteiger partial charge in [-0.15, -0.1) is 0 Å². The zero-order valence-electron chi connectivity index (χ0n) is 11.3. The Balaban J connectivity index is 2.66. The molecule has 21 heavy (non-hydrogen) atoms. The Morgan fingerprint density at radius 1 is 1.48 bits per heavy atom. The van der Waals surface area contributed by atoms with Crippen molar-refractivity contribution in [2.24, 2.45) is 0 Å². The maximum absolute atomic E-state index is 11.9. The number of carbonyl (C=O) groups is 1. The lowest BCUT2D eigenvalue weighted by Crippen LogP contribution is -2.27. The van der Waals surface area contributed by atoms with Gasteiger partial charge in [-0.05, 0) is 13.0 Å². The van der Waals surface area contributed by atoms with Gasteiger partial charge in [0.1, 0.15) is 5.02 Å². The first kappa shape index (κ1) is 17.4. The van der Waals surface area contributed by atoms with Crippen molar-refractivity contribution >= 4 is 34.8 Å². The second-order valence-corrected chi connectivity index (χ2v) is 5.10. The summed E-state index contributed by atoms with van der Waals surface area (Å²) in [6.07, 6.45) is 0. The van der Waals surface area contributed by atoms with Crippen molar-refractivity contribution in [1.29, 1.82) is 0 Å². The molecule has 1 N–H and O–H groups in total. The molecule has 0 heterocycles. The van der Waals surface area contributed by atoms with Crippen molar-refractivity contribution < 1.29 is 14.5 Å². The summed E-state index contributed by atoms with van der Waals surface area (Å²) in [4.78, 5) is 22.0. The van der Waals surface area contributed by atoms with Gasteiger partial charge in [0, 0.05) is 18.2 Å². The molecule has 0 saturated heterocycles. The molecule has 0 saturated carbocycles. The highest BCUT2D eigenvalue weighted by atomic mass is 35.5. The number of benzene rings is 1. The zero-order chi connectivity index (χ0) is 16.0. The minimum atomic E-state index is -0.693. The van der Waals surface area contributed by atoms with Crippen LogP contribution in [0.3, 0.4) is 0 Å². The van der Waals surface area contributed by atoms with E-state index in [0.29, 0.717) is 13.2 Å². The van der Waals surface area contributed by atoms with E-state index in [1.807, 2.05) is 6.92 Å². The van der Waals surface area contributed by atoms with Gasteiger partial charge in [-0.25, -0.2) is 0 Å². The van der Waals surface area contributed by atoms with Gasteiger partial charge in [-0.1, -0.05) is 35.4 Å². The van der Waals surface area contributed by atoms with E-state index in [2.05, 4.69) is 11.9 Å². The Labute approximate surface area is 131 Å². The van der Waals surface area contributed by atoms with E-state index in [-0.39, 0.29) is 22.2 Å². The van der Waals surface area contributed by atoms with Crippen molar-refractivity contribution in [3.05, 3.63) is 50.0 Å². The Morgan fingerprint density at radius 3 is 2.71 bits per heavy atom. The molecule has 0 aromatic heterocycles. The summed E-state index contributed by atoms with van der Waals surface area (Å²) < 4.78 is 5.22. The lowest BCUT2D eigenvalue weighted by Gasteiger charge is -2.07. The minimum absolute atomic E-state index is 0.0467. The van der Waals surface area contributed by atoms with Gasteiger partial charge < -0.3 is 10.1 Å². The van der Waals surface area contributed by atoms with E-state index in [1.54, 1.807) is 0 Å². The molecule has 0 bridgehead atoms. The fourth-order valence-electron chi connectivity index (χ4n) is 1.42. The van der Waals surface area contributed by atoms with Crippen LogP contribution in [0.5, 0.6) is 0 Å². The van der Waals surface area contributed by atoms with E-state index in [4.69, 9.17) is 27.9 Å². The van der Waals surface area contributed by atoms with Gasteiger partial charge in [-0.3, -0.25) is 14.9 Å². The molecule has 1 rings (SSSR count). The molecule has 0 aliphatic rings. The monoisotopic (exact) mass is 332 g/mol. The fourth-order valence-corrected chi connectivity index (χ4v) is 1.82. The van der Waals surface area contributed by atoms with E-state index >= 15 is 0 Å². The second-order valence-electron chi connectivity index (χ2n) is 4.31. The third kappa shape index (κ3) is 5.34. The third-order valence-electron chi connectivity index (χ3n) is 2.35. The number of amides is 1. The van der Waals surface area contributed by atoms with Crippen LogP contribution in [0.4, 0.5) is 5.69 Å². The van der Waals surface area contributed by atoms with Crippen LogP contribution in [-0.2, 0) is 4.74 Å². The molecule has 0 radical (unpaired) electrons. The van der Waals surface area contributed by atoms with Crippen LogP contribution in [0.25, 0.3) is 0 Å². The maximum atomic E-state index is 11.9. The molecule has 114 valence electrons. The summed E-state index contributed by atoms with van der Waals surface area (Å²) in [5, 5.41) is 13.1. The first-order valence-corrected chi connectivity index (χ1v) is 6.72. The van der Waals surface area contributed by atoms with Crippen LogP contribution < -0.4 is 5.32 Å². The molecule has 1 aromatic carbocycles. The van der Waals surface area contributed by atoms with Crippen LogP contribution in [0.2, 0.25) is 10.0 Å². The van der Waals surface area contributed by atoms with E-state index in [1.165, 1.54) is 6.07 Å². The predicted molar refractivity (Wildman–Crippen MR) is 81.1 cm³/mol. The van der Waals surface area contributed by atoms with E-state index < -0.39 is 16.5 Å². The Bertz CT molecular complexity index is 576. The van der Waals surface area contributed by atoms with Gasteiger partial charge in [0.25, 0.3) is 11.6 Å². The quantitative estimate of drug-likeness (QED) is 0.359. The Hall–Kier alpha value is -1.63. The summed E-state index contributed by atoms with van der Waals surface area (Å²) in [6.45, 7) is 6.49. The van der Waals surface area contributed by atoms with Crippen molar-refractivity contribution in [2.75, 3.05) is 19.8 Å². The lowest BCUT2D eigenvalue weighted by molar-refractivity contribution is -0.384. The number of hydrogen-bond donors (Lipinski definition) is 1. The van der Waals surface area contributed by atoms with Crippen LogP contribution in [-0.4, -0.2) is 30.6 Å². The molecule has 1 aromatic rings. The normalized spacial score (nSPS) is 10.2. The SMILES string of the molecule is C=C(C)COCCNC(=O)c1cc(Cl)c(Cl)c([N+](=O)[O-])c1. The number of nitrogens with one attached hydrogen (secondary N) is 1. The smallest absolute Gasteiger partial charge is 0.290 e. The van der Waals surface area contributed by atoms with Gasteiger partial charge in [0.2, 0.25) is 0 Å². The standard InChI is InChI=1S/C13H14Cl2N2O4/c1-8(2)7-21-4-3-16-13(18)9-5-10(14)12(15)11(6-9)17(19)20/h5-6H,1,3-4,7H2,2H3,(H,16,18). The molecule has 0 unspecified atom stereocenters. The summed E-state index contributed by atoms with van der Waals surface area (Å²) >= 11 is 11.5. The van der Waals surface area contributed by atoms with Gasteiger partial charge in [0.05, 0.1) is 23.2 Å². The van der Waals surface area contributed by atoms with Crippen molar-refractivity contribution in [2.45, 2.75) is 6.92 Å². The number of nitro benzene ring substituents is 1. The van der Waals surface area contributed by atoms with Crippen LogP contribution >= 0.6 is 23.2 Å². The van der Waals surface area contributed by atoms with Gasteiger partial charge in [0.15, 0.2) is 0 Å². The number of hydrogen-bond acceptors (Lipinski definition) is 4. The Morgan fingerprint density at radius 2 is 2.14 bits per heavy atom. The molecule has 0 aliphatic heterocycles. The van der Waals surface area contributed by atoms with Crippen molar-refractivity contribution in [1.82, 2.24) is 5.32 Å². The summed E-state index contributed by atoms with van der Waals surface area (Å²) in [6, 6.07) is 2.36. The van der Waals surface area contributed by atoms with Crippen molar-refractivity contribution in [3.8, 4) is 0 Å². The lowest BCUT2D eigenvalue weighted by atomic mass is 10.2. The number of ether oxygens (including phenoxy) is 1. The second kappa shape index (κ2) is 7.97. The highest BCUT2D eigenvalue weighted by Gasteiger charge is 2.19. The first-order chi connectivity index (χ1) is 9.82. The van der Waals surface area contributed by atoms with Crippen molar-refractivity contribution in [3.63, 3.8) is 0 Å². The highest BCUT2D eigenvalue weighted by Crippen LogP contribution is 2.32. The highest BCUT2D eigenvalue weighted by molar-refractivity contribution is 6.43. The van der Waals surface area contributed by atoms with Crippen LogP contribution in [0.1, 0.15) is 17.3 Å². The fraction of sp³-hybridized carbons (Fsp3) is 0.308. The minimum Gasteiger partial charge on any atom is -0.375 e. The van der Waals surface area contributed by atoms with E-state index in [0.717, 1.165) is 11.6 Å². The molecule has 1 amide bonds. The molecule has 0 aliphatic carbocycles. The van der Waals surface area contributed by atoms with E-state index in [9.17, 15) is 14.9 Å². The van der Waals surface area contributed by atoms with Gasteiger partial charge >= 0.3 is 0 Å². The first-order valence-electron chi connectivity index (χ1n) is 5.96. The molecule has 0 fully saturated rings. The number of nitro groups is 1. The molecule has 8 heteroatoms. The summed E-state index contributed by atoms with van der Waals surface area (Å²) in [5.41, 5.74) is 0.533. The number of carbonyl (C=O) groups excluding carboxylic acids is 1. The topological polar surface area (TPSA) is 81.5 Å². The largest absolute Gasteiger partial charge is 0.375 e. The third-order valence-corrected chi connectivity index (χ3v) is 3.14. The predicted octanol–water partition coefficient (Wildman–Crippen LogP) is 3.22. The molecular weight excluding hydrogens is 319 g/mol. The molecular formula is C13H14Cl2N2O4. The molecule has 0 spiro atoms. The van der Waals surface area contributed by atoms with Crippen LogP contribution in [0, 0.1) is 10.1 Å². The number of rotatable bonds is 7. The average molecular weight is 333 g/mol. The molecule has 6 nitrogen and oxygen atoms in total. The summed E-state index contributed by atoms with van der Waals surface area (Å²) in [7, 11) is 0. The Kier molecular flexibility index (Phi) is 6.61. The average Bonchev–Trinajstić information content (AvgIpc) is 2.40.